The number of halogens is 1. The van der Waals surface area contributed by atoms with E-state index >= 15 is 0 Å². The van der Waals surface area contributed by atoms with Crippen molar-refractivity contribution in [1.29, 1.82) is 0 Å². The third kappa shape index (κ3) is 3.67. The fourth-order valence-electron chi connectivity index (χ4n) is 3.13. The summed E-state index contributed by atoms with van der Waals surface area (Å²) in [6, 6.07) is 15.9. The van der Waals surface area contributed by atoms with E-state index in [1.54, 1.807) is 25.1 Å². The number of carbonyl (C=O) groups excluding carboxylic acids is 2. The van der Waals surface area contributed by atoms with Crippen molar-refractivity contribution in [3.8, 4) is 11.5 Å². The first-order valence-electron chi connectivity index (χ1n) is 9.04. The van der Waals surface area contributed by atoms with Gasteiger partial charge in [-0.2, -0.15) is 0 Å². The summed E-state index contributed by atoms with van der Waals surface area (Å²) in [4.78, 5) is 25.0. The molecule has 29 heavy (non-hydrogen) atoms. The second kappa shape index (κ2) is 7.36. The number of benzene rings is 3. The largest absolute Gasteiger partial charge is 0.452 e. The van der Waals surface area contributed by atoms with Gasteiger partial charge in [0.2, 0.25) is 5.78 Å². The highest BCUT2D eigenvalue weighted by Crippen LogP contribution is 2.39. The minimum absolute atomic E-state index is 0.218. The molecule has 0 N–H and O–H groups in total. The van der Waals surface area contributed by atoms with Crippen molar-refractivity contribution < 1.29 is 23.5 Å². The molecule has 0 spiro atoms. The number of fused-ring (bicyclic) bond motifs is 1. The van der Waals surface area contributed by atoms with Gasteiger partial charge in [-0.25, -0.2) is 9.18 Å². The van der Waals surface area contributed by atoms with E-state index in [4.69, 9.17) is 9.47 Å². The van der Waals surface area contributed by atoms with Gasteiger partial charge in [-0.1, -0.05) is 29.8 Å². The molecule has 4 rings (SSSR count). The van der Waals surface area contributed by atoms with Crippen LogP contribution in [-0.2, 0) is 0 Å². The van der Waals surface area contributed by atoms with Gasteiger partial charge in [-0.05, 0) is 61.9 Å². The van der Waals surface area contributed by atoms with Crippen molar-refractivity contribution in [1.82, 2.24) is 0 Å². The van der Waals surface area contributed by atoms with Gasteiger partial charge in [0.05, 0.1) is 11.1 Å². The van der Waals surface area contributed by atoms with Crippen LogP contribution < -0.4 is 9.47 Å². The fourth-order valence-corrected chi connectivity index (χ4v) is 3.13. The summed E-state index contributed by atoms with van der Waals surface area (Å²) in [6.07, 6.45) is 1.69. The monoisotopic (exact) mass is 388 g/mol. The summed E-state index contributed by atoms with van der Waals surface area (Å²) >= 11 is 0. The van der Waals surface area contributed by atoms with Crippen LogP contribution in [0.15, 0.2) is 66.4 Å². The number of allylic oxidation sites excluding steroid dienone is 1. The average molecular weight is 388 g/mol. The molecule has 0 unspecified atom stereocenters. The molecule has 0 saturated heterocycles. The summed E-state index contributed by atoms with van der Waals surface area (Å²) in [6.45, 7) is 3.69. The number of hydrogen-bond donors (Lipinski definition) is 0. The molecule has 144 valence electrons. The second-order valence-corrected chi connectivity index (χ2v) is 6.82. The Morgan fingerprint density at radius 1 is 1.03 bits per heavy atom. The molecule has 3 aromatic rings. The minimum Gasteiger partial charge on any atom is -0.452 e. The van der Waals surface area contributed by atoms with E-state index in [0.29, 0.717) is 16.9 Å². The molecule has 4 nitrogen and oxygen atoms in total. The van der Waals surface area contributed by atoms with E-state index in [-0.39, 0.29) is 22.9 Å². The number of rotatable bonds is 3. The van der Waals surface area contributed by atoms with Gasteiger partial charge in [0, 0.05) is 5.56 Å². The number of Topliss-reactive ketones (excluding diaryl/α,β-unsaturated/α-hetero) is 1. The Labute approximate surface area is 167 Å². The van der Waals surface area contributed by atoms with E-state index in [1.165, 1.54) is 24.3 Å². The van der Waals surface area contributed by atoms with E-state index in [9.17, 15) is 14.0 Å². The van der Waals surface area contributed by atoms with Gasteiger partial charge in [0.15, 0.2) is 5.76 Å². The quantitative estimate of drug-likeness (QED) is 0.348. The maximum Gasteiger partial charge on any atom is 0.343 e. The van der Waals surface area contributed by atoms with E-state index in [1.807, 2.05) is 31.2 Å². The summed E-state index contributed by atoms with van der Waals surface area (Å²) in [5.41, 5.74) is 3.13. The van der Waals surface area contributed by atoms with Gasteiger partial charge < -0.3 is 9.47 Å². The molecule has 0 radical (unpaired) electrons. The van der Waals surface area contributed by atoms with Crippen LogP contribution in [0.2, 0.25) is 0 Å². The van der Waals surface area contributed by atoms with Gasteiger partial charge >= 0.3 is 5.97 Å². The van der Waals surface area contributed by atoms with Gasteiger partial charge in [-0.3, -0.25) is 4.79 Å². The van der Waals surface area contributed by atoms with E-state index in [0.717, 1.165) is 11.1 Å². The highest BCUT2D eigenvalue weighted by atomic mass is 19.1. The van der Waals surface area contributed by atoms with Crippen molar-refractivity contribution in [3.63, 3.8) is 0 Å². The normalized spacial score (nSPS) is 13.9. The summed E-state index contributed by atoms with van der Waals surface area (Å²) in [5, 5.41) is 0. The predicted octanol–water partition coefficient (Wildman–Crippen LogP) is 5.28. The molecule has 5 heteroatoms. The molecule has 0 amide bonds. The number of aryl methyl sites for hydroxylation is 1. The van der Waals surface area contributed by atoms with Crippen molar-refractivity contribution in [3.05, 3.63) is 100 Å². The van der Waals surface area contributed by atoms with Crippen LogP contribution in [0.3, 0.4) is 0 Å². The zero-order chi connectivity index (χ0) is 20.5. The fraction of sp³-hybridized carbons (Fsp3) is 0.0833. The molecule has 3 aromatic carbocycles. The maximum atomic E-state index is 13.0. The molecular weight excluding hydrogens is 371 g/mol. The number of ketones is 1. The molecule has 1 aliphatic heterocycles. The van der Waals surface area contributed by atoms with Gasteiger partial charge in [-0.15, -0.1) is 0 Å². The van der Waals surface area contributed by atoms with E-state index in [2.05, 4.69) is 0 Å². The van der Waals surface area contributed by atoms with Crippen LogP contribution in [0.25, 0.3) is 6.08 Å². The lowest BCUT2D eigenvalue weighted by Crippen LogP contribution is -2.09. The first kappa shape index (κ1) is 18.6. The molecule has 0 fully saturated rings. The van der Waals surface area contributed by atoms with Crippen LogP contribution in [0, 0.1) is 19.7 Å². The first-order chi connectivity index (χ1) is 13.9. The molecule has 0 aromatic heterocycles. The number of ether oxygens (including phenoxy) is 2. The smallest absolute Gasteiger partial charge is 0.343 e. The number of carbonyl (C=O) groups is 2. The topological polar surface area (TPSA) is 52.6 Å². The Morgan fingerprint density at radius 3 is 2.52 bits per heavy atom. The minimum atomic E-state index is -0.618. The number of hydrogen-bond acceptors (Lipinski definition) is 4. The van der Waals surface area contributed by atoms with Crippen molar-refractivity contribution in [2.75, 3.05) is 0 Å². The lowest BCUT2D eigenvalue weighted by molar-refractivity contribution is 0.0733. The summed E-state index contributed by atoms with van der Waals surface area (Å²) in [5.74, 6) is -0.402. The van der Waals surface area contributed by atoms with Crippen LogP contribution in [0.5, 0.6) is 11.5 Å². The van der Waals surface area contributed by atoms with Crippen LogP contribution in [0.4, 0.5) is 4.39 Å². The van der Waals surface area contributed by atoms with Crippen LogP contribution >= 0.6 is 0 Å². The molecule has 1 heterocycles. The summed E-state index contributed by atoms with van der Waals surface area (Å²) < 4.78 is 24.3. The predicted molar refractivity (Wildman–Crippen MR) is 107 cm³/mol. The molecular formula is C24H17FO4. The second-order valence-electron chi connectivity index (χ2n) is 6.82. The highest BCUT2D eigenvalue weighted by molar-refractivity contribution is 6.15. The average Bonchev–Trinajstić information content (AvgIpc) is 3.01. The number of esters is 1. The Balaban J connectivity index is 1.61. The zero-order valence-corrected chi connectivity index (χ0v) is 15.9. The van der Waals surface area contributed by atoms with Gasteiger partial charge in [0.1, 0.15) is 17.3 Å². The van der Waals surface area contributed by atoms with Crippen LogP contribution in [-0.4, -0.2) is 11.8 Å². The lowest BCUT2D eigenvalue weighted by Gasteiger charge is -2.10. The highest BCUT2D eigenvalue weighted by Gasteiger charge is 2.30. The van der Waals surface area contributed by atoms with Crippen molar-refractivity contribution in [2.45, 2.75) is 13.8 Å². The van der Waals surface area contributed by atoms with Crippen molar-refractivity contribution in [2.24, 2.45) is 0 Å². The Bertz CT molecular complexity index is 1160. The third-order valence-electron chi connectivity index (χ3n) is 4.66. The summed E-state index contributed by atoms with van der Waals surface area (Å²) in [7, 11) is 0. The first-order valence-corrected chi connectivity index (χ1v) is 9.04. The Kier molecular flexibility index (Phi) is 4.72. The Hall–Kier alpha value is -3.73. The van der Waals surface area contributed by atoms with Crippen LogP contribution in [0.1, 0.15) is 37.4 Å². The Morgan fingerprint density at radius 2 is 1.79 bits per heavy atom. The third-order valence-corrected chi connectivity index (χ3v) is 4.66. The van der Waals surface area contributed by atoms with Gasteiger partial charge in [0.25, 0.3) is 0 Å². The molecule has 0 aliphatic carbocycles. The lowest BCUT2D eigenvalue weighted by atomic mass is 10.1. The van der Waals surface area contributed by atoms with Crippen molar-refractivity contribution >= 4 is 17.8 Å². The molecule has 0 atom stereocenters. The van der Waals surface area contributed by atoms with E-state index < -0.39 is 11.8 Å². The molecule has 1 aliphatic rings. The molecule has 0 saturated carbocycles. The zero-order valence-electron chi connectivity index (χ0n) is 15.9. The SMILES string of the molecule is Cc1cccc(/C=C2\Oc3c(ccc(OC(=O)c4ccc(F)cc4)c3C)C2=O)c1. The molecule has 0 bridgehead atoms. The standard InChI is InChI=1S/C24H17FO4/c1-14-4-3-5-16(12-14)13-21-22(26)19-10-11-20(15(2)23(19)28-21)29-24(27)17-6-8-18(25)9-7-17/h3-13H,1-2H3/b21-13-. The maximum absolute atomic E-state index is 13.0.